The van der Waals surface area contributed by atoms with Crippen LogP contribution in [0.1, 0.15) is 28.3 Å². The molecule has 1 aliphatic rings. The minimum atomic E-state index is -0.495. The van der Waals surface area contributed by atoms with E-state index in [1.54, 1.807) is 30.4 Å². The van der Waals surface area contributed by atoms with Crippen LogP contribution in [0.4, 0.5) is 4.39 Å². The molecular weight excluding hydrogens is 465 g/mol. The molecule has 0 saturated carbocycles. The second kappa shape index (κ2) is 11.1. The molecular formula is C29H29ClFNO3. The van der Waals surface area contributed by atoms with Crippen LogP contribution in [-0.4, -0.2) is 41.4 Å². The molecule has 1 fully saturated rings. The fraction of sp³-hybridized carbons (Fsp3) is 0.241. The average Bonchev–Trinajstić information content (AvgIpc) is 2.85. The zero-order valence-corrected chi connectivity index (χ0v) is 20.3. The van der Waals surface area contributed by atoms with E-state index in [1.165, 1.54) is 6.07 Å². The molecule has 0 aromatic heterocycles. The summed E-state index contributed by atoms with van der Waals surface area (Å²) in [5, 5.41) is 22.4. The molecule has 1 unspecified atom stereocenters. The van der Waals surface area contributed by atoms with Gasteiger partial charge in [-0.15, -0.1) is 13.2 Å². The molecule has 6 heteroatoms. The molecule has 4 rings (SSSR count). The number of rotatable bonds is 8. The maximum atomic E-state index is 14.0. The monoisotopic (exact) mass is 493 g/mol. The summed E-state index contributed by atoms with van der Waals surface area (Å²) in [6, 6.07) is 13.4. The molecule has 1 atom stereocenters. The summed E-state index contributed by atoms with van der Waals surface area (Å²) in [5.74, 6) is -0.367. The van der Waals surface area contributed by atoms with E-state index in [0.717, 1.165) is 16.7 Å². The maximum absolute atomic E-state index is 14.0. The van der Waals surface area contributed by atoms with Crippen molar-refractivity contribution in [3.05, 3.63) is 107 Å². The smallest absolute Gasteiger partial charge is 0.141 e. The van der Waals surface area contributed by atoms with Crippen LogP contribution >= 0.6 is 11.6 Å². The van der Waals surface area contributed by atoms with Crippen molar-refractivity contribution in [3.63, 3.8) is 0 Å². The largest absolute Gasteiger partial charge is 0.507 e. The number of allylic oxidation sites excluding steroid dienone is 2. The summed E-state index contributed by atoms with van der Waals surface area (Å²) in [6.45, 7) is 10.0. The Balaban J connectivity index is 1.94. The lowest BCUT2D eigenvalue weighted by Crippen LogP contribution is -2.39. The Morgan fingerprint density at radius 1 is 0.943 bits per heavy atom. The van der Waals surface area contributed by atoms with Crippen LogP contribution in [0.2, 0.25) is 5.02 Å². The molecule has 0 radical (unpaired) electrons. The highest BCUT2D eigenvalue weighted by Gasteiger charge is 2.29. The summed E-state index contributed by atoms with van der Waals surface area (Å²) in [6.07, 6.45) is 4.81. The molecule has 182 valence electrons. The van der Waals surface area contributed by atoms with Crippen molar-refractivity contribution in [2.75, 3.05) is 26.3 Å². The van der Waals surface area contributed by atoms with Gasteiger partial charge < -0.3 is 14.9 Å². The number of ether oxygens (including phenoxy) is 1. The van der Waals surface area contributed by atoms with Gasteiger partial charge in [0.05, 0.1) is 24.3 Å². The van der Waals surface area contributed by atoms with Gasteiger partial charge in [-0.25, -0.2) is 4.39 Å². The minimum Gasteiger partial charge on any atom is -0.507 e. The zero-order valence-electron chi connectivity index (χ0n) is 19.5. The fourth-order valence-electron chi connectivity index (χ4n) is 4.62. The van der Waals surface area contributed by atoms with Gasteiger partial charge in [-0.05, 0) is 65.9 Å². The van der Waals surface area contributed by atoms with E-state index in [9.17, 15) is 14.6 Å². The van der Waals surface area contributed by atoms with Crippen LogP contribution in [0.5, 0.6) is 11.5 Å². The Hall–Kier alpha value is -3.12. The molecule has 2 N–H and O–H groups in total. The van der Waals surface area contributed by atoms with Gasteiger partial charge in [-0.1, -0.05) is 35.9 Å². The van der Waals surface area contributed by atoms with Crippen molar-refractivity contribution in [2.45, 2.75) is 18.9 Å². The number of morpholine rings is 1. The third-order valence-corrected chi connectivity index (χ3v) is 6.56. The second-order valence-corrected chi connectivity index (χ2v) is 9.05. The first-order valence-corrected chi connectivity index (χ1v) is 12.0. The topological polar surface area (TPSA) is 52.9 Å². The third kappa shape index (κ3) is 5.43. The van der Waals surface area contributed by atoms with E-state index in [1.807, 2.05) is 24.3 Å². The molecule has 1 aliphatic heterocycles. The summed E-state index contributed by atoms with van der Waals surface area (Å²) < 4.78 is 19.6. The van der Waals surface area contributed by atoms with Crippen molar-refractivity contribution in [1.82, 2.24) is 4.90 Å². The standard InChI is InChI=1S/C29H29ClFNO3/c1-3-5-19-7-10-27(33)22(15-19)23-16-20(6-4-2)17-24(29(23)34)28(32-11-13-35-14-12-32)21-8-9-26(31)25(30)18-21/h3-4,7-10,15-18,28,33-34H,1-2,5-6,11-14H2. The highest BCUT2D eigenvalue weighted by Crippen LogP contribution is 2.44. The molecule has 3 aromatic carbocycles. The van der Waals surface area contributed by atoms with Gasteiger partial charge in [-0.2, -0.15) is 0 Å². The molecule has 0 bridgehead atoms. The van der Waals surface area contributed by atoms with E-state index in [4.69, 9.17) is 16.3 Å². The van der Waals surface area contributed by atoms with Gasteiger partial charge in [0.2, 0.25) is 0 Å². The van der Waals surface area contributed by atoms with Gasteiger partial charge >= 0.3 is 0 Å². The Morgan fingerprint density at radius 2 is 1.63 bits per heavy atom. The molecule has 35 heavy (non-hydrogen) atoms. The van der Waals surface area contributed by atoms with Gasteiger partial charge in [0.15, 0.2) is 0 Å². The van der Waals surface area contributed by atoms with E-state index in [2.05, 4.69) is 18.1 Å². The summed E-state index contributed by atoms with van der Waals surface area (Å²) in [4.78, 5) is 2.19. The normalized spacial score (nSPS) is 15.0. The average molecular weight is 494 g/mol. The minimum absolute atomic E-state index is 0.0255. The number of phenols is 2. The van der Waals surface area contributed by atoms with E-state index in [-0.39, 0.29) is 22.6 Å². The molecule has 4 nitrogen and oxygen atoms in total. The Bertz CT molecular complexity index is 1240. The van der Waals surface area contributed by atoms with Crippen molar-refractivity contribution in [3.8, 4) is 22.6 Å². The summed E-state index contributed by atoms with van der Waals surface area (Å²) >= 11 is 6.17. The maximum Gasteiger partial charge on any atom is 0.141 e. The highest BCUT2D eigenvalue weighted by atomic mass is 35.5. The van der Waals surface area contributed by atoms with E-state index in [0.29, 0.717) is 55.8 Å². The molecule has 0 spiro atoms. The number of benzene rings is 3. The Morgan fingerprint density at radius 3 is 2.31 bits per heavy atom. The quantitative estimate of drug-likeness (QED) is 0.355. The molecule has 1 heterocycles. The lowest BCUT2D eigenvalue weighted by atomic mass is 9.89. The predicted molar refractivity (Wildman–Crippen MR) is 139 cm³/mol. The van der Waals surface area contributed by atoms with Gasteiger partial charge in [0.1, 0.15) is 17.3 Å². The van der Waals surface area contributed by atoms with Crippen LogP contribution in [0.25, 0.3) is 11.1 Å². The van der Waals surface area contributed by atoms with Crippen molar-refractivity contribution >= 4 is 11.6 Å². The van der Waals surface area contributed by atoms with Crippen molar-refractivity contribution in [1.29, 1.82) is 0 Å². The number of halogens is 2. The molecule has 0 amide bonds. The third-order valence-electron chi connectivity index (χ3n) is 6.28. The number of aromatic hydroxyl groups is 2. The van der Waals surface area contributed by atoms with Gasteiger partial charge in [0.25, 0.3) is 0 Å². The first kappa shape index (κ1) is 25.0. The molecule has 0 aliphatic carbocycles. The molecule has 1 saturated heterocycles. The number of hydrogen-bond donors (Lipinski definition) is 2. The highest BCUT2D eigenvalue weighted by molar-refractivity contribution is 6.30. The molecule has 3 aromatic rings. The Labute approximate surface area is 210 Å². The lowest BCUT2D eigenvalue weighted by molar-refractivity contribution is 0.0235. The van der Waals surface area contributed by atoms with Crippen LogP contribution in [-0.2, 0) is 17.6 Å². The SMILES string of the molecule is C=CCc1ccc(O)c(-c2cc(CC=C)cc(C(c3ccc(F)c(Cl)c3)N3CCOCC3)c2O)c1. The zero-order chi connectivity index (χ0) is 24.9. The van der Waals surface area contributed by atoms with Gasteiger partial charge in [-0.3, -0.25) is 4.90 Å². The number of phenolic OH excluding ortho intramolecular Hbond substituents is 2. The number of nitrogens with zero attached hydrogens (tertiary/aromatic N) is 1. The lowest BCUT2D eigenvalue weighted by Gasteiger charge is -2.36. The van der Waals surface area contributed by atoms with Crippen LogP contribution in [0.15, 0.2) is 73.8 Å². The first-order chi connectivity index (χ1) is 16.9. The predicted octanol–water partition coefficient (Wildman–Crippen LogP) is 6.44. The van der Waals surface area contributed by atoms with Crippen molar-refractivity contribution in [2.24, 2.45) is 0 Å². The fourth-order valence-corrected chi connectivity index (χ4v) is 4.80. The van der Waals surface area contributed by atoms with Crippen LogP contribution in [0, 0.1) is 5.82 Å². The first-order valence-electron chi connectivity index (χ1n) is 11.6. The second-order valence-electron chi connectivity index (χ2n) is 8.64. The van der Waals surface area contributed by atoms with Crippen molar-refractivity contribution < 1.29 is 19.3 Å². The van der Waals surface area contributed by atoms with Gasteiger partial charge in [0, 0.05) is 29.8 Å². The summed E-state index contributed by atoms with van der Waals surface area (Å²) in [7, 11) is 0. The summed E-state index contributed by atoms with van der Waals surface area (Å²) in [5.41, 5.74) is 4.37. The van der Waals surface area contributed by atoms with Crippen LogP contribution < -0.4 is 0 Å². The number of hydrogen-bond acceptors (Lipinski definition) is 4. The van der Waals surface area contributed by atoms with E-state index >= 15 is 0 Å². The van der Waals surface area contributed by atoms with Crippen LogP contribution in [0.3, 0.4) is 0 Å². The Kier molecular flexibility index (Phi) is 7.91. The van der Waals surface area contributed by atoms with E-state index < -0.39 is 5.82 Å².